The van der Waals surface area contributed by atoms with Crippen molar-refractivity contribution in [2.24, 2.45) is 11.1 Å². The number of rotatable bonds is 4. The summed E-state index contributed by atoms with van der Waals surface area (Å²) < 4.78 is 0. The van der Waals surface area contributed by atoms with Gasteiger partial charge in [-0.2, -0.15) is 0 Å². The zero-order valence-corrected chi connectivity index (χ0v) is 18.7. The van der Waals surface area contributed by atoms with Crippen LogP contribution in [0.3, 0.4) is 0 Å². The highest BCUT2D eigenvalue weighted by Gasteiger charge is 2.37. The lowest BCUT2D eigenvalue weighted by molar-refractivity contribution is 0.237. The van der Waals surface area contributed by atoms with Gasteiger partial charge in [0, 0.05) is 17.8 Å². The molecule has 9 heteroatoms. The number of aliphatic hydroxyl groups excluding tert-OH is 1. The van der Waals surface area contributed by atoms with Crippen molar-refractivity contribution in [2.75, 3.05) is 11.5 Å². The molecule has 0 radical (unpaired) electrons. The summed E-state index contributed by atoms with van der Waals surface area (Å²) in [7, 11) is 0. The molecule has 1 aliphatic rings. The largest absolute Gasteiger partial charge is 0.390 e. The van der Waals surface area contributed by atoms with Gasteiger partial charge in [0.15, 0.2) is 0 Å². The predicted molar refractivity (Wildman–Crippen MR) is 120 cm³/mol. The van der Waals surface area contributed by atoms with Gasteiger partial charge in [0.25, 0.3) is 0 Å². The summed E-state index contributed by atoms with van der Waals surface area (Å²) in [6, 6.07) is 0.488. The van der Waals surface area contributed by atoms with Crippen molar-refractivity contribution in [3.05, 3.63) is 27.6 Å². The van der Waals surface area contributed by atoms with Gasteiger partial charge in [-0.1, -0.05) is 43.5 Å². The van der Waals surface area contributed by atoms with Crippen LogP contribution in [-0.4, -0.2) is 26.1 Å². The molecule has 2 aromatic rings. The summed E-state index contributed by atoms with van der Waals surface area (Å²) in [5, 5.41) is 9.56. The molecular weight excluding hydrogens is 411 g/mol. The smallest absolute Gasteiger partial charge is 0.147 e. The zero-order chi connectivity index (χ0) is 21.8. The second-order valence-electron chi connectivity index (χ2n) is 7.40. The van der Waals surface area contributed by atoms with Crippen LogP contribution in [0.4, 0.5) is 11.6 Å². The quantitative estimate of drug-likeness (QED) is 0.560. The molecule has 0 saturated heterocycles. The molecule has 0 unspecified atom stereocenters. The van der Waals surface area contributed by atoms with Crippen LogP contribution >= 0.6 is 23.2 Å². The number of aliphatic hydroxyl groups is 1. The van der Waals surface area contributed by atoms with Crippen molar-refractivity contribution >= 4 is 34.8 Å². The van der Waals surface area contributed by atoms with Crippen molar-refractivity contribution in [1.29, 1.82) is 0 Å². The Balaban J connectivity index is 0.000000253. The summed E-state index contributed by atoms with van der Waals surface area (Å²) in [6.45, 7) is 5.95. The van der Waals surface area contributed by atoms with Gasteiger partial charge in [0.2, 0.25) is 0 Å². The average molecular weight is 441 g/mol. The summed E-state index contributed by atoms with van der Waals surface area (Å²) in [5.74, 6) is 0.313. The summed E-state index contributed by atoms with van der Waals surface area (Å²) in [6.07, 6.45) is 7.96. The summed E-state index contributed by atoms with van der Waals surface area (Å²) >= 11 is 12.1. The van der Waals surface area contributed by atoms with Gasteiger partial charge in [-0.05, 0) is 38.0 Å². The van der Waals surface area contributed by atoms with Gasteiger partial charge in [0.05, 0.1) is 23.0 Å². The molecule has 0 aromatic carbocycles. The summed E-state index contributed by atoms with van der Waals surface area (Å²) in [5.41, 5.74) is 19.5. The van der Waals surface area contributed by atoms with Gasteiger partial charge in [-0.15, -0.1) is 0 Å². The highest BCUT2D eigenvalue weighted by Crippen LogP contribution is 2.42. The van der Waals surface area contributed by atoms with Gasteiger partial charge in [0.1, 0.15) is 22.4 Å². The van der Waals surface area contributed by atoms with Crippen LogP contribution in [0.25, 0.3) is 11.3 Å². The molecule has 1 saturated carbocycles. The van der Waals surface area contributed by atoms with E-state index in [-0.39, 0.29) is 34.0 Å². The number of aryl methyl sites for hydroxylation is 1. The maximum Gasteiger partial charge on any atom is 0.147 e. The van der Waals surface area contributed by atoms with Crippen LogP contribution in [0, 0.1) is 12.3 Å². The molecule has 0 aliphatic heterocycles. The van der Waals surface area contributed by atoms with E-state index >= 15 is 0 Å². The van der Waals surface area contributed by atoms with E-state index in [9.17, 15) is 5.11 Å². The van der Waals surface area contributed by atoms with E-state index in [1.807, 2.05) is 0 Å². The molecule has 160 valence electrons. The molecule has 0 amide bonds. The number of nitrogens with zero attached hydrogens (tertiary/aromatic N) is 3. The van der Waals surface area contributed by atoms with E-state index in [0.29, 0.717) is 28.4 Å². The first-order chi connectivity index (χ1) is 13.7. The molecule has 2 aromatic heterocycles. The van der Waals surface area contributed by atoms with Gasteiger partial charge in [-0.3, -0.25) is 0 Å². The lowest BCUT2D eigenvalue weighted by Gasteiger charge is -2.30. The molecule has 7 N–H and O–H groups in total. The molecule has 0 bridgehead atoms. The lowest BCUT2D eigenvalue weighted by Crippen LogP contribution is -2.35. The second kappa shape index (κ2) is 9.89. The van der Waals surface area contributed by atoms with Crippen LogP contribution in [-0.2, 0) is 6.61 Å². The Morgan fingerprint density at radius 1 is 1.14 bits per heavy atom. The number of hydrogen-bond acceptors (Lipinski definition) is 7. The van der Waals surface area contributed by atoms with E-state index in [0.717, 1.165) is 0 Å². The number of anilines is 2. The number of nitrogen functional groups attached to an aromatic ring is 2. The van der Waals surface area contributed by atoms with Crippen molar-refractivity contribution in [2.45, 2.75) is 65.5 Å². The number of aromatic nitrogens is 3. The maximum atomic E-state index is 9.17. The Kier molecular flexibility index (Phi) is 8.05. The SMILES string of the molecule is CCC1(CC)CCC[C@H]1N.Cc1nc(N)c(CO)nc1-c1cnc(N)c(Cl)c1Cl. The van der Waals surface area contributed by atoms with Crippen LogP contribution in [0.5, 0.6) is 0 Å². The Bertz CT molecular complexity index is 857. The first kappa shape index (κ1) is 23.6. The molecule has 1 aliphatic carbocycles. The minimum atomic E-state index is -0.320. The van der Waals surface area contributed by atoms with E-state index in [1.54, 1.807) is 6.92 Å². The topological polar surface area (TPSA) is 137 Å². The molecule has 1 atom stereocenters. The monoisotopic (exact) mass is 440 g/mol. The number of halogens is 2. The highest BCUT2D eigenvalue weighted by atomic mass is 35.5. The molecule has 3 rings (SSSR count). The van der Waals surface area contributed by atoms with Crippen LogP contribution in [0.15, 0.2) is 6.20 Å². The second-order valence-corrected chi connectivity index (χ2v) is 8.16. The van der Waals surface area contributed by atoms with Gasteiger partial charge < -0.3 is 22.3 Å². The predicted octanol–water partition coefficient (Wildman–Crippen LogP) is 4.11. The third-order valence-corrected chi connectivity index (χ3v) is 6.82. The molecule has 0 spiro atoms. The Labute approximate surface area is 182 Å². The van der Waals surface area contributed by atoms with Crippen molar-refractivity contribution in [3.8, 4) is 11.3 Å². The highest BCUT2D eigenvalue weighted by molar-refractivity contribution is 6.45. The van der Waals surface area contributed by atoms with E-state index in [4.69, 9.17) is 40.4 Å². The first-order valence-corrected chi connectivity index (χ1v) is 10.6. The Morgan fingerprint density at radius 3 is 2.28 bits per heavy atom. The van der Waals surface area contributed by atoms with Crippen molar-refractivity contribution in [1.82, 2.24) is 15.0 Å². The van der Waals surface area contributed by atoms with Crippen LogP contribution in [0.2, 0.25) is 10.0 Å². The Hall–Kier alpha value is -1.67. The third kappa shape index (κ3) is 4.91. The minimum absolute atomic E-state index is 0.138. The Morgan fingerprint density at radius 2 is 1.79 bits per heavy atom. The lowest BCUT2D eigenvalue weighted by atomic mass is 9.78. The van der Waals surface area contributed by atoms with Gasteiger partial charge in [-0.25, -0.2) is 15.0 Å². The fourth-order valence-corrected chi connectivity index (χ4v) is 4.27. The number of hydrogen-bond donors (Lipinski definition) is 4. The maximum absolute atomic E-state index is 9.17. The van der Waals surface area contributed by atoms with Crippen molar-refractivity contribution < 1.29 is 5.11 Å². The normalized spacial score (nSPS) is 17.7. The molecule has 1 fully saturated rings. The molecule has 29 heavy (non-hydrogen) atoms. The standard InChI is InChI=1S/C11H11Cl2N5O.C9H19N/c1-4-9(18-6(3-19)10(14)17-4)5-2-16-11(15)8(13)7(5)12;1-3-9(4-2)7-5-6-8(9)10/h2,19H,3H2,1H3,(H2,14,17)(H2,15,16);8H,3-7,10H2,1-2H3/t;8-/m.1/s1. The van der Waals surface area contributed by atoms with Crippen LogP contribution in [0.1, 0.15) is 57.3 Å². The number of nitrogens with two attached hydrogens (primary N) is 3. The average Bonchev–Trinajstić information content (AvgIpc) is 3.08. The van der Waals surface area contributed by atoms with Crippen LogP contribution < -0.4 is 17.2 Å². The molecular formula is C20H30Cl2N6O. The number of pyridine rings is 1. The first-order valence-electron chi connectivity index (χ1n) is 9.80. The van der Waals surface area contributed by atoms with E-state index in [1.165, 1.54) is 38.3 Å². The van der Waals surface area contributed by atoms with E-state index < -0.39 is 0 Å². The van der Waals surface area contributed by atoms with E-state index in [2.05, 4.69) is 28.8 Å². The summed E-state index contributed by atoms with van der Waals surface area (Å²) in [4.78, 5) is 12.3. The van der Waals surface area contributed by atoms with Crippen molar-refractivity contribution in [3.63, 3.8) is 0 Å². The molecule has 2 heterocycles. The van der Waals surface area contributed by atoms with Gasteiger partial charge >= 0.3 is 0 Å². The minimum Gasteiger partial charge on any atom is -0.390 e. The zero-order valence-electron chi connectivity index (χ0n) is 17.2. The fourth-order valence-electron chi connectivity index (χ4n) is 3.88. The fraction of sp³-hybridized carbons (Fsp3) is 0.550. The third-order valence-electron chi connectivity index (χ3n) is 5.95. The molecule has 7 nitrogen and oxygen atoms in total.